The molecule has 0 bridgehead atoms. The van der Waals surface area contributed by atoms with Crippen LogP contribution >= 0.6 is 0 Å². The number of methoxy groups -OCH3 is 1. The summed E-state index contributed by atoms with van der Waals surface area (Å²) < 4.78 is 5.05. The first-order chi connectivity index (χ1) is 12.2. The summed E-state index contributed by atoms with van der Waals surface area (Å²) in [6.07, 6.45) is 9.58. The molecule has 0 N–H and O–H groups in total. The molecule has 1 spiro atoms. The van der Waals surface area contributed by atoms with Crippen LogP contribution in [0.15, 0.2) is 12.4 Å². The molecule has 25 heavy (non-hydrogen) atoms. The number of hydrogen-bond donors (Lipinski definition) is 0. The molecule has 3 aliphatic rings. The Bertz CT molecular complexity index is 616. The zero-order valence-corrected chi connectivity index (χ0v) is 15.1. The number of aromatic nitrogens is 2. The van der Waals surface area contributed by atoms with Gasteiger partial charge >= 0.3 is 0 Å². The van der Waals surface area contributed by atoms with E-state index in [1.165, 1.54) is 12.8 Å². The van der Waals surface area contributed by atoms with Crippen LogP contribution in [0.25, 0.3) is 0 Å². The molecule has 3 heterocycles. The quantitative estimate of drug-likeness (QED) is 0.788. The second-order valence-corrected chi connectivity index (χ2v) is 7.98. The molecular weight excluding hydrogens is 316 g/mol. The molecule has 0 radical (unpaired) electrons. The van der Waals surface area contributed by atoms with Gasteiger partial charge in [-0.15, -0.1) is 0 Å². The highest BCUT2D eigenvalue weighted by atomic mass is 16.5. The minimum absolute atomic E-state index is 0.135. The van der Waals surface area contributed by atoms with Gasteiger partial charge in [0.15, 0.2) is 5.82 Å². The average molecular weight is 344 g/mol. The van der Waals surface area contributed by atoms with Crippen LogP contribution in [0.2, 0.25) is 0 Å². The molecule has 2 saturated heterocycles. The van der Waals surface area contributed by atoms with Crippen LogP contribution in [-0.2, 0) is 22.7 Å². The van der Waals surface area contributed by atoms with Crippen molar-refractivity contribution >= 4 is 5.91 Å². The van der Waals surface area contributed by atoms with Crippen LogP contribution in [-0.4, -0.2) is 59.0 Å². The third kappa shape index (κ3) is 3.70. The summed E-state index contributed by atoms with van der Waals surface area (Å²) >= 11 is 0. The fourth-order valence-electron chi connectivity index (χ4n) is 4.34. The Hall–Kier alpha value is -1.53. The van der Waals surface area contributed by atoms with Gasteiger partial charge in [-0.2, -0.15) is 0 Å². The van der Waals surface area contributed by atoms with Gasteiger partial charge in [0.1, 0.15) is 6.61 Å². The van der Waals surface area contributed by atoms with Crippen LogP contribution in [0.1, 0.15) is 43.5 Å². The smallest absolute Gasteiger partial charge is 0.230 e. The van der Waals surface area contributed by atoms with Crippen molar-refractivity contribution in [3.8, 4) is 0 Å². The maximum Gasteiger partial charge on any atom is 0.230 e. The minimum atomic E-state index is -0.135. The van der Waals surface area contributed by atoms with Crippen LogP contribution in [0.4, 0.5) is 0 Å². The maximum absolute atomic E-state index is 13.1. The van der Waals surface area contributed by atoms with Crippen LogP contribution < -0.4 is 0 Å². The van der Waals surface area contributed by atoms with Crippen molar-refractivity contribution in [2.24, 2.45) is 11.3 Å². The molecule has 136 valence electrons. The first-order valence-corrected chi connectivity index (χ1v) is 9.49. The number of nitrogens with zero attached hydrogens (tertiary/aromatic N) is 4. The van der Waals surface area contributed by atoms with Gasteiger partial charge < -0.3 is 9.64 Å². The Morgan fingerprint density at radius 3 is 2.76 bits per heavy atom. The minimum Gasteiger partial charge on any atom is -0.377 e. The molecule has 0 unspecified atom stereocenters. The summed E-state index contributed by atoms with van der Waals surface area (Å²) in [4.78, 5) is 26.3. The van der Waals surface area contributed by atoms with Crippen molar-refractivity contribution in [2.75, 3.05) is 33.3 Å². The van der Waals surface area contributed by atoms with E-state index in [9.17, 15) is 4.79 Å². The fourth-order valence-corrected chi connectivity index (χ4v) is 4.34. The molecule has 0 aromatic carbocycles. The Kier molecular flexibility index (Phi) is 4.73. The summed E-state index contributed by atoms with van der Waals surface area (Å²) in [5.74, 6) is 1.90. The zero-order valence-electron chi connectivity index (χ0n) is 15.1. The normalized spacial score (nSPS) is 27.4. The molecule has 2 aliphatic heterocycles. The van der Waals surface area contributed by atoms with E-state index in [0.29, 0.717) is 18.3 Å². The van der Waals surface area contributed by atoms with E-state index in [-0.39, 0.29) is 5.41 Å². The molecule has 1 amide bonds. The molecule has 1 aromatic rings. The summed E-state index contributed by atoms with van der Waals surface area (Å²) in [7, 11) is 1.65. The van der Waals surface area contributed by atoms with Crippen molar-refractivity contribution in [3.05, 3.63) is 23.8 Å². The third-order valence-corrected chi connectivity index (χ3v) is 5.87. The Morgan fingerprint density at radius 1 is 1.24 bits per heavy atom. The number of rotatable bonds is 6. The predicted octanol–water partition coefficient (Wildman–Crippen LogP) is 1.85. The van der Waals surface area contributed by atoms with E-state index in [1.54, 1.807) is 7.11 Å². The van der Waals surface area contributed by atoms with E-state index in [2.05, 4.69) is 19.8 Å². The predicted molar refractivity (Wildman–Crippen MR) is 93.6 cm³/mol. The van der Waals surface area contributed by atoms with Crippen molar-refractivity contribution in [2.45, 2.75) is 45.3 Å². The van der Waals surface area contributed by atoms with Gasteiger partial charge in [-0.05, 0) is 44.6 Å². The first kappa shape index (κ1) is 16.9. The van der Waals surface area contributed by atoms with Crippen molar-refractivity contribution in [3.63, 3.8) is 0 Å². The number of piperidine rings is 1. The number of amides is 1. The lowest BCUT2D eigenvalue weighted by molar-refractivity contribution is -0.145. The number of ether oxygens (including phenoxy) is 1. The lowest BCUT2D eigenvalue weighted by Gasteiger charge is -2.39. The van der Waals surface area contributed by atoms with Crippen molar-refractivity contribution < 1.29 is 9.53 Å². The van der Waals surface area contributed by atoms with Gasteiger partial charge in [0, 0.05) is 51.2 Å². The highest BCUT2D eigenvalue weighted by Gasteiger charge is 2.48. The molecule has 3 fully saturated rings. The molecule has 1 saturated carbocycles. The molecule has 6 nitrogen and oxygen atoms in total. The lowest BCUT2D eigenvalue weighted by Crippen LogP contribution is -2.50. The van der Waals surface area contributed by atoms with Crippen LogP contribution in [0.3, 0.4) is 0 Å². The standard InChI is InChI=1S/C19H28N4O2/c1-25-13-17-20-9-16(10-21-17)11-22-8-6-19(14-22)5-2-7-23(18(19)24)12-15-3-4-15/h9-10,15H,2-8,11-14H2,1H3/t19-/m0/s1. The van der Waals surface area contributed by atoms with Crippen LogP contribution in [0, 0.1) is 11.3 Å². The van der Waals surface area contributed by atoms with E-state index >= 15 is 0 Å². The van der Waals surface area contributed by atoms with Gasteiger partial charge in [0.25, 0.3) is 0 Å². The lowest BCUT2D eigenvalue weighted by atomic mass is 9.78. The van der Waals surface area contributed by atoms with E-state index in [0.717, 1.165) is 63.5 Å². The van der Waals surface area contributed by atoms with E-state index in [1.807, 2.05) is 12.4 Å². The topological polar surface area (TPSA) is 58.6 Å². The van der Waals surface area contributed by atoms with E-state index < -0.39 is 0 Å². The fraction of sp³-hybridized carbons (Fsp3) is 0.737. The SMILES string of the molecule is COCc1ncc(CN2CC[C@@]3(CCCN(CC4CC4)C3=O)C2)cn1. The Labute approximate surface area is 149 Å². The number of hydrogen-bond acceptors (Lipinski definition) is 5. The highest BCUT2D eigenvalue weighted by molar-refractivity contribution is 5.84. The molecule has 1 aromatic heterocycles. The summed E-state index contributed by atoms with van der Waals surface area (Å²) in [6, 6.07) is 0. The number of carbonyl (C=O) groups excluding carboxylic acids is 1. The zero-order chi connectivity index (χ0) is 17.3. The van der Waals surface area contributed by atoms with Crippen molar-refractivity contribution in [1.29, 1.82) is 0 Å². The van der Waals surface area contributed by atoms with E-state index in [4.69, 9.17) is 4.74 Å². The van der Waals surface area contributed by atoms with Crippen LogP contribution in [0.5, 0.6) is 0 Å². The summed E-state index contributed by atoms with van der Waals surface area (Å²) in [5.41, 5.74) is 0.972. The van der Waals surface area contributed by atoms with Gasteiger partial charge in [-0.25, -0.2) is 9.97 Å². The van der Waals surface area contributed by atoms with Gasteiger partial charge in [0.2, 0.25) is 5.91 Å². The second kappa shape index (κ2) is 7.00. The second-order valence-electron chi connectivity index (χ2n) is 7.98. The molecule has 6 heteroatoms. The highest BCUT2D eigenvalue weighted by Crippen LogP contribution is 2.42. The Morgan fingerprint density at radius 2 is 2.04 bits per heavy atom. The number of carbonyl (C=O) groups is 1. The van der Waals surface area contributed by atoms with Gasteiger partial charge in [-0.1, -0.05) is 0 Å². The van der Waals surface area contributed by atoms with Gasteiger partial charge in [0.05, 0.1) is 5.41 Å². The monoisotopic (exact) mass is 344 g/mol. The number of likely N-dealkylation sites (tertiary alicyclic amines) is 2. The molecule has 4 rings (SSSR count). The summed E-state index contributed by atoms with van der Waals surface area (Å²) in [5, 5.41) is 0. The third-order valence-electron chi connectivity index (χ3n) is 5.87. The largest absolute Gasteiger partial charge is 0.377 e. The molecular formula is C19H28N4O2. The van der Waals surface area contributed by atoms with Crippen molar-refractivity contribution in [1.82, 2.24) is 19.8 Å². The summed E-state index contributed by atoms with van der Waals surface area (Å²) in [6.45, 7) is 5.10. The molecule has 1 aliphatic carbocycles. The first-order valence-electron chi connectivity index (χ1n) is 9.49. The maximum atomic E-state index is 13.1. The average Bonchev–Trinajstić information content (AvgIpc) is 3.34. The van der Waals surface area contributed by atoms with Gasteiger partial charge in [-0.3, -0.25) is 9.69 Å². The Balaban J connectivity index is 1.37. The molecule has 1 atom stereocenters.